The van der Waals surface area contributed by atoms with Gasteiger partial charge in [0.1, 0.15) is 0 Å². The minimum Gasteiger partial charge on any atom is -0.481 e. The number of nitrogens with one attached hydrogen (secondary N) is 1. The first kappa shape index (κ1) is 12.9. The van der Waals surface area contributed by atoms with Gasteiger partial charge in [-0.2, -0.15) is 0 Å². The van der Waals surface area contributed by atoms with Crippen molar-refractivity contribution < 1.29 is 4.74 Å². The largest absolute Gasteiger partial charge is 0.481 e. The van der Waals surface area contributed by atoms with E-state index in [-0.39, 0.29) is 0 Å². The van der Waals surface area contributed by atoms with Gasteiger partial charge in [0.15, 0.2) is 0 Å². The van der Waals surface area contributed by atoms with Crippen LogP contribution < -0.4 is 10.1 Å². The molecule has 0 unspecified atom stereocenters. The summed E-state index contributed by atoms with van der Waals surface area (Å²) in [7, 11) is 1.62. The molecule has 0 saturated carbocycles. The maximum absolute atomic E-state index is 5.05. The van der Waals surface area contributed by atoms with E-state index in [0.29, 0.717) is 5.88 Å². The van der Waals surface area contributed by atoms with Crippen LogP contribution in [0, 0.1) is 6.92 Å². The molecule has 0 amide bonds. The van der Waals surface area contributed by atoms with Crippen molar-refractivity contribution in [1.82, 2.24) is 9.97 Å². The maximum atomic E-state index is 5.05. The molecule has 0 aliphatic rings. The predicted molar refractivity (Wildman–Crippen MR) is 82.5 cm³/mol. The lowest BCUT2D eigenvalue weighted by Gasteiger charge is -2.06. The number of pyridine rings is 1. The van der Waals surface area contributed by atoms with Gasteiger partial charge in [-0.25, -0.2) is 9.97 Å². The summed E-state index contributed by atoms with van der Waals surface area (Å²) in [5.41, 5.74) is 3.27. The zero-order valence-corrected chi connectivity index (χ0v) is 12.2. The van der Waals surface area contributed by atoms with Crippen molar-refractivity contribution in [3.63, 3.8) is 0 Å². The van der Waals surface area contributed by atoms with E-state index in [1.54, 1.807) is 18.4 Å². The lowest BCUT2D eigenvalue weighted by Crippen LogP contribution is -2.00. The Morgan fingerprint density at radius 1 is 1.25 bits per heavy atom. The first-order chi connectivity index (χ1) is 9.74. The number of ether oxygens (including phenoxy) is 1. The molecule has 5 heteroatoms. The Kier molecular flexibility index (Phi) is 3.52. The molecule has 0 aliphatic heterocycles. The molecule has 20 heavy (non-hydrogen) atoms. The Morgan fingerprint density at radius 2 is 2.15 bits per heavy atom. The highest BCUT2D eigenvalue weighted by Gasteiger charge is 2.02. The third-order valence-electron chi connectivity index (χ3n) is 3.00. The average molecular weight is 285 g/mol. The predicted octanol–water partition coefficient (Wildman–Crippen LogP) is 3.62. The number of hydrogen-bond donors (Lipinski definition) is 1. The molecule has 0 atom stereocenters. The van der Waals surface area contributed by atoms with E-state index in [0.717, 1.165) is 28.3 Å². The Balaban J connectivity index is 1.72. The third kappa shape index (κ3) is 2.72. The van der Waals surface area contributed by atoms with Crippen LogP contribution in [-0.2, 0) is 6.54 Å². The molecule has 3 aromatic rings. The molecule has 0 spiro atoms. The molecule has 2 heterocycles. The van der Waals surface area contributed by atoms with Gasteiger partial charge in [0.25, 0.3) is 0 Å². The Bertz CT molecular complexity index is 722. The molecule has 0 saturated heterocycles. The number of aryl methyl sites for hydroxylation is 1. The summed E-state index contributed by atoms with van der Waals surface area (Å²) in [6, 6.07) is 10.1. The van der Waals surface area contributed by atoms with E-state index in [9.17, 15) is 0 Å². The van der Waals surface area contributed by atoms with Crippen LogP contribution in [0.15, 0.2) is 36.5 Å². The molecule has 1 aromatic carbocycles. The molecule has 3 rings (SSSR count). The minimum absolute atomic E-state index is 0.635. The number of hydrogen-bond acceptors (Lipinski definition) is 5. The standard InChI is InChI=1S/C15H15N3OS/c1-10-18-13-5-4-12(7-14(13)20-10)16-8-11-3-6-15(19-2)17-9-11/h3-7,9,16H,8H2,1-2H3. The molecular formula is C15H15N3OS. The SMILES string of the molecule is COc1ccc(CNc2ccc3nc(C)sc3c2)cn1. The molecular weight excluding hydrogens is 270 g/mol. The van der Waals surface area contributed by atoms with E-state index in [4.69, 9.17) is 4.74 Å². The number of thiazole rings is 1. The molecule has 4 nitrogen and oxygen atoms in total. The van der Waals surface area contributed by atoms with E-state index in [1.807, 2.05) is 31.3 Å². The number of benzene rings is 1. The van der Waals surface area contributed by atoms with Gasteiger partial charge in [0.05, 0.1) is 22.3 Å². The van der Waals surface area contributed by atoms with Crippen molar-refractivity contribution in [2.45, 2.75) is 13.5 Å². The van der Waals surface area contributed by atoms with Crippen LogP contribution in [0.2, 0.25) is 0 Å². The lowest BCUT2D eigenvalue weighted by molar-refractivity contribution is 0.397. The lowest BCUT2D eigenvalue weighted by atomic mass is 10.2. The molecule has 0 aliphatic carbocycles. The van der Waals surface area contributed by atoms with Crippen molar-refractivity contribution in [3.05, 3.63) is 47.1 Å². The summed E-state index contributed by atoms with van der Waals surface area (Å²) >= 11 is 1.71. The van der Waals surface area contributed by atoms with Crippen molar-refractivity contribution in [1.29, 1.82) is 0 Å². The molecule has 2 aromatic heterocycles. The number of rotatable bonds is 4. The van der Waals surface area contributed by atoms with E-state index >= 15 is 0 Å². The van der Waals surface area contributed by atoms with E-state index in [1.165, 1.54) is 4.70 Å². The first-order valence-electron chi connectivity index (χ1n) is 6.34. The van der Waals surface area contributed by atoms with Crippen molar-refractivity contribution in [2.24, 2.45) is 0 Å². The summed E-state index contributed by atoms with van der Waals surface area (Å²) in [5.74, 6) is 0.635. The summed E-state index contributed by atoms with van der Waals surface area (Å²) in [6.07, 6.45) is 1.82. The van der Waals surface area contributed by atoms with Crippen LogP contribution in [0.4, 0.5) is 5.69 Å². The van der Waals surface area contributed by atoms with Gasteiger partial charge in [0, 0.05) is 24.5 Å². The Labute approximate surface area is 121 Å². The quantitative estimate of drug-likeness (QED) is 0.795. The van der Waals surface area contributed by atoms with Crippen LogP contribution in [0.5, 0.6) is 5.88 Å². The van der Waals surface area contributed by atoms with Gasteiger partial charge in [-0.05, 0) is 30.7 Å². The number of aromatic nitrogens is 2. The van der Waals surface area contributed by atoms with E-state index < -0.39 is 0 Å². The normalized spacial score (nSPS) is 10.7. The summed E-state index contributed by atoms with van der Waals surface area (Å²) in [5, 5.41) is 4.49. The third-order valence-corrected chi connectivity index (χ3v) is 3.93. The van der Waals surface area contributed by atoms with Gasteiger partial charge in [-0.15, -0.1) is 11.3 Å². The first-order valence-corrected chi connectivity index (χ1v) is 7.16. The van der Waals surface area contributed by atoms with Crippen molar-refractivity contribution in [3.8, 4) is 5.88 Å². The van der Waals surface area contributed by atoms with Crippen molar-refractivity contribution in [2.75, 3.05) is 12.4 Å². The highest BCUT2D eigenvalue weighted by Crippen LogP contribution is 2.25. The summed E-state index contributed by atoms with van der Waals surface area (Å²) < 4.78 is 6.25. The Hall–Kier alpha value is -2.14. The fourth-order valence-corrected chi connectivity index (χ4v) is 2.86. The monoisotopic (exact) mass is 285 g/mol. The van der Waals surface area contributed by atoms with Crippen LogP contribution >= 0.6 is 11.3 Å². The fraction of sp³-hybridized carbons (Fsp3) is 0.200. The second kappa shape index (κ2) is 5.46. The van der Waals surface area contributed by atoms with Crippen LogP contribution in [0.3, 0.4) is 0 Å². The molecule has 1 N–H and O–H groups in total. The molecule has 0 fully saturated rings. The zero-order valence-electron chi connectivity index (χ0n) is 11.4. The second-order valence-electron chi connectivity index (χ2n) is 4.48. The molecule has 0 radical (unpaired) electrons. The second-order valence-corrected chi connectivity index (χ2v) is 5.71. The van der Waals surface area contributed by atoms with Gasteiger partial charge in [-0.1, -0.05) is 6.07 Å². The topological polar surface area (TPSA) is 47.0 Å². The number of fused-ring (bicyclic) bond motifs is 1. The van der Waals surface area contributed by atoms with Gasteiger partial charge in [0.2, 0.25) is 5.88 Å². The smallest absolute Gasteiger partial charge is 0.212 e. The van der Waals surface area contributed by atoms with Gasteiger partial charge in [-0.3, -0.25) is 0 Å². The highest BCUT2D eigenvalue weighted by atomic mass is 32.1. The average Bonchev–Trinajstić information content (AvgIpc) is 2.85. The Morgan fingerprint density at radius 3 is 2.90 bits per heavy atom. The summed E-state index contributed by atoms with van der Waals surface area (Å²) in [6.45, 7) is 2.76. The summed E-state index contributed by atoms with van der Waals surface area (Å²) in [4.78, 5) is 8.65. The zero-order chi connectivity index (χ0) is 13.9. The van der Waals surface area contributed by atoms with Crippen molar-refractivity contribution >= 4 is 27.2 Å². The van der Waals surface area contributed by atoms with Gasteiger partial charge < -0.3 is 10.1 Å². The number of nitrogens with zero attached hydrogens (tertiary/aromatic N) is 2. The molecule has 102 valence electrons. The minimum atomic E-state index is 0.635. The maximum Gasteiger partial charge on any atom is 0.212 e. The van der Waals surface area contributed by atoms with E-state index in [2.05, 4.69) is 27.4 Å². The van der Waals surface area contributed by atoms with Crippen LogP contribution in [-0.4, -0.2) is 17.1 Å². The number of anilines is 1. The highest BCUT2D eigenvalue weighted by molar-refractivity contribution is 7.18. The molecule has 0 bridgehead atoms. The number of methoxy groups -OCH3 is 1. The van der Waals surface area contributed by atoms with Crippen LogP contribution in [0.25, 0.3) is 10.2 Å². The van der Waals surface area contributed by atoms with Crippen LogP contribution in [0.1, 0.15) is 10.6 Å². The fourth-order valence-electron chi connectivity index (χ4n) is 1.99. The van der Waals surface area contributed by atoms with Gasteiger partial charge >= 0.3 is 0 Å².